The zero-order valence-corrected chi connectivity index (χ0v) is 38.8. The van der Waals surface area contributed by atoms with E-state index in [2.05, 4.69) is 19.6 Å². The zero-order valence-electron chi connectivity index (χ0n) is 34.8. The molecule has 0 bridgehead atoms. The SMILES string of the molecule is CO[Si](CCCN1CCN(CCC[Si](OC)(OC)OC)CC1)(OC)OC.CO[Si](CCCN1CCN(CCC[Si](OC)(OC)OC)CC1)(OC)OC. The maximum absolute atomic E-state index is 5.48. The average molecular weight is 821 g/mol. The fourth-order valence-corrected chi connectivity index (χ4v) is 13.6. The highest BCUT2D eigenvalue weighted by Gasteiger charge is 2.40. The molecule has 52 heavy (non-hydrogen) atoms. The van der Waals surface area contributed by atoms with Crippen LogP contribution in [0.4, 0.5) is 0 Å². The van der Waals surface area contributed by atoms with E-state index >= 15 is 0 Å². The molecule has 0 aromatic rings. The Labute approximate surface area is 320 Å². The Bertz CT molecular complexity index is 696. The molecule has 2 aliphatic heterocycles. The molecule has 2 rings (SSSR count). The van der Waals surface area contributed by atoms with Crippen molar-refractivity contribution in [3.8, 4) is 0 Å². The molecule has 0 unspecified atom stereocenters. The largest absolute Gasteiger partial charge is 0.500 e. The number of hydrogen-bond acceptors (Lipinski definition) is 16. The van der Waals surface area contributed by atoms with E-state index in [0.29, 0.717) is 0 Å². The van der Waals surface area contributed by atoms with Crippen LogP contribution in [0.2, 0.25) is 24.2 Å². The molecule has 2 saturated heterocycles. The van der Waals surface area contributed by atoms with Gasteiger partial charge in [0, 0.05) is 162 Å². The first-order valence-corrected chi connectivity index (χ1v) is 26.3. The van der Waals surface area contributed by atoms with Gasteiger partial charge in [-0.3, -0.25) is 0 Å². The first-order valence-electron chi connectivity index (χ1n) is 18.6. The Kier molecular flexibility index (Phi) is 26.8. The molecular formula is C32H76N4O12Si4. The molecule has 16 nitrogen and oxygen atoms in total. The van der Waals surface area contributed by atoms with E-state index in [1.54, 1.807) is 85.3 Å². The maximum Gasteiger partial charge on any atom is 0.500 e. The lowest BCUT2D eigenvalue weighted by Crippen LogP contribution is -2.48. The highest BCUT2D eigenvalue weighted by Crippen LogP contribution is 2.19. The third-order valence-corrected chi connectivity index (χ3v) is 21.8. The average Bonchev–Trinajstić information content (AvgIpc) is 3.20. The second-order valence-corrected chi connectivity index (χ2v) is 25.3. The van der Waals surface area contributed by atoms with E-state index in [0.717, 1.165) is 128 Å². The maximum atomic E-state index is 5.48. The van der Waals surface area contributed by atoms with Gasteiger partial charge in [-0.05, 0) is 51.9 Å². The topological polar surface area (TPSA) is 124 Å². The number of nitrogens with zero attached hydrogens (tertiary/aromatic N) is 4. The molecule has 2 fully saturated rings. The Hall–Kier alpha value is 0.228. The van der Waals surface area contributed by atoms with Crippen LogP contribution in [-0.4, -0.2) is 219 Å². The highest BCUT2D eigenvalue weighted by atomic mass is 28.4. The van der Waals surface area contributed by atoms with Crippen LogP contribution in [0.25, 0.3) is 0 Å². The van der Waals surface area contributed by atoms with Gasteiger partial charge in [-0.15, -0.1) is 0 Å². The summed E-state index contributed by atoms with van der Waals surface area (Å²) in [6.07, 6.45) is 4.13. The van der Waals surface area contributed by atoms with Gasteiger partial charge in [0.2, 0.25) is 0 Å². The Balaban J connectivity index is 0.000000520. The Morgan fingerprint density at radius 1 is 0.269 bits per heavy atom. The van der Waals surface area contributed by atoms with Gasteiger partial charge in [0.1, 0.15) is 0 Å². The monoisotopic (exact) mass is 820 g/mol. The van der Waals surface area contributed by atoms with Crippen LogP contribution < -0.4 is 0 Å². The van der Waals surface area contributed by atoms with Crippen molar-refractivity contribution in [1.82, 2.24) is 19.6 Å². The lowest BCUT2D eigenvalue weighted by Gasteiger charge is -2.35. The van der Waals surface area contributed by atoms with Crippen molar-refractivity contribution < 1.29 is 53.1 Å². The quantitative estimate of drug-likeness (QED) is 0.107. The van der Waals surface area contributed by atoms with E-state index in [4.69, 9.17) is 53.1 Å². The molecule has 0 aromatic heterocycles. The van der Waals surface area contributed by atoms with Crippen LogP contribution in [0.3, 0.4) is 0 Å². The molecule has 312 valence electrons. The van der Waals surface area contributed by atoms with Crippen LogP contribution >= 0.6 is 0 Å². The summed E-state index contributed by atoms with van der Waals surface area (Å²) >= 11 is 0. The minimum atomic E-state index is -2.43. The van der Waals surface area contributed by atoms with Crippen LogP contribution in [0.5, 0.6) is 0 Å². The van der Waals surface area contributed by atoms with Gasteiger partial charge < -0.3 is 72.7 Å². The molecule has 0 spiro atoms. The van der Waals surface area contributed by atoms with Crippen molar-refractivity contribution in [3.63, 3.8) is 0 Å². The lowest BCUT2D eigenvalue weighted by molar-refractivity contribution is 0.109. The summed E-state index contributed by atoms with van der Waals surface area (Å²) in [5.74, 6) is 0. The normalized spacial score (nSPS) is 17.8. The first-order chi connectivity index (χ1) is 25.0. The summed E-state index contributed by atoms with van der Waals surface area (Å²) in [4.78, 5) is 10.0. The number of piperazine rings is 2. The van der Waals surface area contributed by atoms with Gasteiger partial charge in [0.05, 0.1) is 0 Å². The number of rotatable bonds is 28. The van der Waals surface area contributed by atoms with E-state index in [-0.39, 0.29) is 0 Å². The molecule has 0 N–H and O–H groups in total. The molecule has 0 radical (unpaired) electrons. The minimum Gasteiger partial charge on any atom is -0.377 e. The fourth-order valence-electron chi connectivity index (χ4n) is 6.77. The predicted molar refractivity (Wildman–Crippen MR) is 211 cm³/mol. The zero-order chi connectivity index (χ0) is 38.9. The lowest BCUT2D eigenvalue weighted by atomic mass is 10.3. The predicted octanol–water partition coefficient (Wildman–Crippen LogP) is 2.28. The van der Waals surface area contributed by atoms with E-state index < -0.39 is 35.2 Å². The molecule has 2 aliphatic rings. The molecule has 2 heterocycles. The molecule has 0 saturated carbocycles. The summed E-state index contributed by atoms with van der Waals surface area (Å²) in [5, 5.41) is 0. The van der Waals surface area contributed by atoms with Crippen molar-refractivity contribution in [2.24, 2.45) is 0 Å². The van der Waals surface area contributed by atoms with Gasteiger partial charge >= 0.3 is 35.2 Å². The molecular weight excluding hydrogens is 745 g/mol. The van der Waals surface area contributed by atoms with Crippen molar-refractivity contribution >= 4 is 35.2 Å². The van der Waals surface area contributed by atoms with Crippen molar-refractivity contribution in [2.45, 2.75) is 49.9 Å². The highest BCUT2D eigenvalue weighted by molar-refractivity contribution is 6.61. The van der Waals surface area contributed by atoms with E-state index in [1.807, 2.05) is 0 Å². The van der Waals surface area contributed by atoms with Crippen molar-refractivity contribution in [1.29, 1.82) is 0 Å². The van der Waals surface area contributed by atoms with Crippen molar-refractivity contribution in [3.05, 3.63) is 0 Å². The van der Waals surface area contributed by atoms with Gasteiger partial charge in [-0.1, -0.05) is 0 Å². The summed E-state index contributed by atoms with van der Waals surface area (Å²) in [5.41, 5.74) is 0. The summed E-state index contributed by atoms with van der Waals surface area (Å²) in [7, 11) is 10.4. The summed E-state index contributed by atoms with van der Waals surface area (Å²) in [6.45, 7) is 13.0. The fraction of sp³-hybridized carbons (Fsp3) is 1.00. The Morgan fingerprint density at radius 3 is 0.519 bits per heavy atom. The number of hydrogen-bond donors (Lipinski definition) is 0. The summed E-state index contributed by atoms with van der Waals surface area (Å²) < 4.78 is 65.8. The van der Waals surface area contributed by atoms with Crippen LogP contribution in [-0.2, 0) is 53.1 Å². The van der Waals surface area contributed by atoms with Crippen LogP contribution in [0, 0.1) is 0 Å². The minimum absolute atomic E-state index is 0.856. The van der Waals surface area contributed by atoms with Gasteiger partial charge in [-0.2, -0.15) is 0 Å². The third kappa shape index (κ3) is 17.2. The second kappa shape index (κ2) is 27.8. The first kappa shape index (κ1) is 50.2. The third-order valence-electron chi connectivity index (χ3n) is 10.5. The van der Waals surface area contributed by atoms with E-state index in [1.165, 1.54) is 0 Å². The molecule has 0 atom stereocenters. The van der Waals surface area contributed by atoms with Gasteiger partial charge in [0.25, 0.3) is 0 Å². The van der Waals surface area contributed by atoms with Gasteiger partial charge in [0.15, 0.2) is 0 Å². The van der Waals surface area contributed by atoms with Gasteiger partial charge in [-0.25, -0.2) is 0 Å². The smallest absolute Gasteiger partial charge is 0.377 e. The second-order valence-electron chi connectivity index (χ2n) is 13.0. The van der Waals surface area contributed by atoms with E-state index in [9.17, 15) is 0 Å². The Morgan fingerprint density at radius 2 is 0.404 bits per heavy atom. The standard InChI is InChI=1S/2C16H38N2O6Si2/c2*1-19-25(20-2,21-3)15-7-9-17-11-13-18(14-12-17)10-8-16-26(22-4,23-5)24-6/h2*7-16H2,1-6H3. The molecule has 20 heteroatoms. The summed E-state index contributed by atoms with van der Waals surface area (Å²) in [6, 6.07) is 3.42. The van der Waals surface area contributed by atoms with Crippen LogP contribution in [0.15, 0.2) is 0 Å². The van der Waals surface area contributed by atoms with Crippen LogP contribution in [0.1, 0.15) is 25.7 Å². The molecule has 0 amide bonds. The molecule has 0 aliphatic carbocycles. The van der Waals surface area contributed by atoms with Crippen molar-refractivity contribution in [2.75, 3.05) is 164 Å². The molecule has 0 aromatic carbocycles.